The topological polar surface area (TPSA) is 111 Å². The molecule has 7 nitrogen and oxygen atoms in total. The van der Waals surface area contributed by atoms with Crippen molar-refractivity contribution in [2.75, 3.05) is 32.5 Å². The van der Waals surface area contributed by atoms with Crippen LogP contribution in [0.1, 0.15) is 6.42 Å². The third kappa shape index (κ3) is 6.00. The standard InChI is InChI=1S/C12H18BrN3O4S/c1-20-7-6-15-12(17)4-5-16-21(18,19)11-8-9(13)2-3-10(11)14/h2-3,8,16H,4-7,14H2,1H3,(H,15,17). The lowest BCUT2D eigenvalue weighted by Gasteiger charge is -2.09. The zero-order valence-electron chi connectivity index (χ0n) is 11.6. The number of methoxy groups -OCH3 is 1. The number of nitrogens with one attached hydrogen (secondary N) is 2. The predicted molar refractivity (Wildman–Crippen MR) is 83.2 cm³/mol. The van der Waals surface area contributed by atoms with Crippen LogP contribution in [0, 0.1) is 0 Å². The fourth-order valence-corrected chi connectivity index (χ4v) is 3.20. The predicted octanol–water partition coefficient (Wildman–Crippen LogP) is 0.462. The Bertz CT molecular complexity index is 592. The Kier molecular flexibility index (Phi) is 7.09. The molecule has 0 unspecified atom stereocenters. The number of ether oxygens (including phenoxy) is 1. The molecule has 0 radical (unpaired) electrons. The molecule has 9 heteroatoms. The van der Waals surface area contributed by atoms with Crippen molar-refractivity contribution in [3.63, 3.8) is 0 Å². The van der Waals surface area contributed by atoms with Crippen molar-refractivity contribution >= 4 is 37.5 Å². The van der Waals surface area contributed by atoms with Crippen molar-refractivity contribution in [3.05, 3.63) is 22.7 Å². The molecule has 118 valence electrons. The van der Waals surface area contributed by atoms with Gasteiger partial charge in [-0.3, -0.25) is 4.79 Å². The third-order valence-electron chi connectivity index (χ3n) is 2.54. The maximum atomic E-state index is 12.1. The molecule has 0 spiro atoms. The number of anilines is 1. The average molecular weight is 380 g/mol. The second-order valence-corrected chi connectivity index (χ2v) is 6.82. The lowest BCUT2D eigenvalue weighted by atomic mass is 10.3. The second kappa shape index (κ2) is 8.32. The number of amides is 1. The monoisotopic (exact) mass is 379 g/mol. The van der Waals surface area contributed by atoms with Crippen LogP contribution in [0.5, 0.6) is 0 Å². The summed E-state index contributed by atoms with van der Waals surface area (Å²) in [5, 5.41) is 2.60. The molecule has 0 bridgehead atoms. The fraction of sp³-hybridized carbons (Fsp3) is 0.417. The Morgan fingerprint density at radius 2 is 2.10 bits per heavy atom. The van der Waals surface area contributed by atoms with Gasteiger partial charge in [-0.25, -0.2) is 13.1 Å². The van der Waals surface area contributed by atoms with Gasteiger partial charge in [0.25, 0.3) is 0 Å². The molecule has 0 aliphatic carbocycles. The first-order valence-electron chi connectivity index (χ1n) is 6.17. The maximum absolute atomic E-state index is 12.1. The summed E-state index contributed by atoms with van der Waals surface area (Å²) in [6.45, 7) is 0.791. The van der Waals surface area contributed by atoms with Crippen LogP contribution in [0.25, 0.3) is 0 Å². The Morgan fingerprint density at radius 1 is 1.38 bits per heavy atom. The molecule has 21 heavy (non-hydrogen) atoms. The highest BCUT2D eigenvalue weighted by Crippen LogP contribution is 2.22. The van der Waals surface area contributed by atoms with E-state index in [1.165, 1.54) is 19.2 Å². The van der Waals surface area contributed by atoms with Crippen LogP contribution in [-0.4, -0.2) is 41.1 Å². The molecule has 0 fully saturated rings. The first-order chi connectivity index (χ1) is 9.86. The van der Waals surface area contributed by atoms with E-state index < -0.39 is 10.0 Å². The minimum atomic E-state index is -3.74. The molecule has 1 aromatic carbocycles. The highest BCUT2D eigenvalue weighted by molar-refractivity contribution is 9.10. The highest BCUT2D eigenvalue weighted by Gasteiger charge is 2.17. The number of hydrogen-bond acceptors (Lipinski definition) is 5. The zero-order chi connectivity index (χ0) is 15.9. The summed E-state index contributed by atoms with van der Waals surface area (Å²) in [4.78, 5) is 11.4. The lowest BCUT2D eigenvalue weighted by molar-refractivity contribution is -0.121. The van der Waals surface area contributed by atoms with E-state index >= 15 is 0 Å². The fourth-order valence-electron chi connectivity index (χ4n) is 1.50. The quantitative estimate of drug-likeness (QED) is 0.448. The van der Waals surface area contributed by atoms with E-state index in [1.807, 2.05) is 0 Å². The van der Waals surface area contributed by atoms with Gasteiger partial charge in [0, 0.05) is 31.1 Å². The molecule has 0 aromatic heterocycles. The Hall–Kier alpha value is -1.16. The summed E-state index contributed by atoms with van der Waals surface area (Å²) < 4.78 is 31.9. The number of benzene rings is 1. The maximum Gasteiger partial charge on any atom is 0.242 e. The van der Waals surface area contributed by atoms with E-state index in [9.17, 15) is 13.2 Å². The smallest absolute Gasteiger partial charge is 0.242 e. The van der Waals surface area contributed by atoms with Gasteiger partial charge in [0.15, 0.2) is 0 Å². The van der Waals surface area contributed by atoms with Gasteiger partial charge in [-0.05, 0) is 18.2 Å². The van der Waals surface area contributed by atoms with E-state index in [1.54, 1.807) is 6.07 Å². The first-order valence-corrected chi connectivity index (χ1v) is 8.45. The Balaban J connectivity index is 2.54. The molecule has 0 aliphatic rings. The molecule has 1 rings (SSSR count). The molecule has 0 saturated carbocycles. The summed E-state index contributed by atoms with van der Waals surface area (Å²) in [7, 11) is -2.21. The van der Waals surface area contributed by atoms with E-state index in [0.29, 0.717) is 17.6 Å². The molecule has 0 saturated heterocycles. The Labute approximate surface area is 132 Å². The largest absolute Gasteiger partial charge is 0.398 e. The van der Waals surface area contributed by atoms with Crippen molar-refractivity contribution in [3.8, 4) is 0 Å². The summed E-state index contributed by atoms with van der Waals surface area (Å²) in [5.41, 5.74) is 5.80. The summed E-state index contributed by atoms with van der Waals surface area (Å²) in [5.74, 6) is -0.253. The van der Waals surface area contributed by atoms with Gasteiger partial charge in [0.1, 0.15) is 4.90 Å². The first kappa shape index (κ1) is 17.9. The molecule has 1 aromatic rings. The van der Waals surface area contributed by atoms with Crippen LogP contribution in [0.3, 0.4) is 0 Å². The van der Waals surface area contributed by atoms with E-state index in [-0.39, 0.29) is 29.5 Å². The van der Waals surface area contributed by atoms with Gasteiger partial charge >= 0.3 is 0 Å². The summed E-state index contributed by atoms with van der Waals surface area (Å²) in [6.07, 6.45) is 0.0385. The normalized spacial score (nSPS) is 11.3. The van der Waals surface area contributed by atoms with Crippen LogP contribution < -0.4 is 15.8 Å². The molecule has 0 aliphatic heterocycles. The van der Waals surface area contributed by atoms with Gasteiger partial charge < -0.3 is 15.8 Å². The number of hydrogen-bond donors (Lipinski definition) is 3. The van der Waals surface area contributed by atoms with Crippen LogP contribution >= 0.6 is 15.9 Å². The van der Waals surface area contributed by atoms with E-state index in [2.05, 4.69) is 26.0 Å². The minimum absolute atomic E-state index is 0.00684. The molecule has 4 N–H and O–H groups in total. The van der Waals surface area contributed by atoms with Crippen molar-refractivity contribution in [2.45, 2.75) is 11.3 Å². The number of nitrogens with two attached hydrogens (primary N) is 1. The van der Waals surface area contributed by atoms with Crippen LogP contribution in [0.15, 0.2) is 27.6 Å². The highest BCUT2D eigenvalue weighted by atomic mass is 79.9. The van der Waals surface area contributed by atoms with E-state index in [0.717, 1.165) is 0 Å². The number of sulfonamides is 1. The van der Waals surface area contributed by atoms with Gasteiger partial charge in [0.05, 0.1) is 12.3 Å². The number of carbonyl (C=O) groups is 1. The molecular weight excluding hydrogens is 362 g/mol. The summed E-state index contributed by atoms with van der Waals surface area (Å²) >= 11 is 3.19. The van der Waals surface area contributed by atoms with Crippen molar-refractivity contribution in [2.24, 2.45) is 0 Å². The SMILES string of the molecule is COCCNC(=O)CCNS(=O)(=O)c1cc(Br)ccc1N. The summed E-state index contributed by atoms with van der Waals surface area (Å²) in [6, 6.07) is 4.56. The van der Waals surface area contributed by atoms with Crippen LogP contribution in [0.2, 0.25) is 0 Å². The average Bonchev–Trinajstić information content (AvgIpc) is 2.41. The van der Waals surface area contributed by atoms with Gasteiger partial charge in [-0.1, -0.05) is 15.9 Å². The number of rotatable bonds is 8. The molecule has 0 heterocycles. The van der Waals surface area contributed by atoms with Gasteiger partial charge in [-0.2, -0.15) is 0 Å². The number of carbonyl (C=O) groups excluding carboxylic acids is 1. The van der Waals surface area contributed by atoms with Crippen molar-refractivity contribution in [1.82, 2.24) is 10.0 Å². The van der Waals surface area contributed by atoms with Gasteiger partial charge in [-0.15, -0.1) is 0 Å². The minimum Gasteiger partial charge on any atom is -0.398 e. The third-order valence-corrected chi connectivity index (χ3v) is 4.55. The Morgan fingerprint density at radius 3 is 2.76 bits per heavy atom. The van der Waals surface area contributed by atoms with Crippen LogP contribution in [0.4, 0.5) is 5.69 Å². The molecular formula is C12H18BrN3O4S. The van der Waals surface area contributed by atoms with Crippen molar-refractivity contribution in [1.29, 1.82) is 0 Å². The second-order valence-electron chi connectivity index (χ2n) is 4.17. The van der Waals surface area contributed by atoms with Crippen molar-refractivity contribution < 1.29 is 17.9 Å². The zero-order valence-corrected chi connectivity index (χ0v) is 14.0. The molecule has 1 amide bonds. The number of halogens is 1. The number of nitrogen functional groups attached to an aromatic ring is 1. The lowest BCUT2D eigenvalue weighted by Crippen LogP contribution is -2.32. The van der Waals surface area contributed by atoms with E-state index in [4.69, 9.17) is 10.5 Å². The van der Waals surface area contributed by atoms with Crippen LogP contribution in [-0.2, 0) is 19.6 Å². The molecule has 0 atom stereocenters. The van der Waals surface area contributed by atoms with Gasteiger partial charge in [0.2, 0.25) is 15.9 Å².